The fourth-order valence-electron chi connectivity index (χ4n) is 4.06. The average molecular weight is 652 g/mol. The number of thiazole rings is 1. The third kappa shape index (κ3) is 5.88. The number of aliphatic imine (C=N–C) groups is 1. The lowest BCUT2D eigenvalue weighted by molar-refractivity contribution is -0.161. The number of carbonyl (C=O) groups is 4. The highest BCUT2D eigenvalue weighted by atomic mass is 32.2. The Kier molecular flexibility index (Phi) is 8.32. The summed E-state index contributed by atoms with van der Waals surface area (Å²) in [7, 11) is 1.93. The summed E-state index contributed by atoms with van der Waals surface area (Å²) in [5.41, 5.74) is 4.99. The number of carboxylic acids is 2. The lowest BCUT2D eigenvalue weighted by Gasteiger charge is -2.49. The molecule has 5 rings (SSSR count). The quantitative estimate of drug-likeness (QED) is 0.162. The molecule has 3 atom stereocenters. The van der Waals surface area contributed by atoms with Crippen LogP contribution in [-0.2, 0) is 24.0 Å². The van der Waals surface area contributed by atoms with Gasteiger partial charge in [0.1, 0.15) is 27.5 Å². The number of anilines is 1. The van der Waals surface area contributed by atoms with Crippen LogP contribution in [0.4, 0.5) is 5.13 Å². The Morgan fingerprint density at radius 1 is 1.33 bits per heavy atom. The molecule has 1 saturated heterocycles. The van der Waals surface area contributed by atoms with Gasteiger partial charge in [0.2, 0.25) is 5.60 Å². The standard InChI is InChI=1S/C24H25N7O7S4/c1-24(2,21(36)37)38-29-14(12-9-40-22(25)26-12)17(32)28-15-18(33)31-16(20(34)35)10(7-39-19(15)31)8-41-23-27-11-4-5-30(3)6-13(11)42-23/h4-6,9,15,19,23H,7-8H2,1-3H3,(H2,25,26)(H,28,32)(H,34,35)(H,36,37)/b29-14-/t15?,19-,23?/m1/s1. The number of amides is 2. The van der Waals surface area contributed by atoms with Gasteiger partial charge in [-0.1, -0.05) is 16.9 Å². The van der Waals surface area contributed by atoms with Crippen LogP contribution in [0.5, 0.6) is 0 Å². The Hall–Kier alpha value is -3.48. The molecule has 18 heteroatoms. The monoisotopic (exact) mass is 651 g/mol. The van der Waals surface area contributed by atoms with Crippen molar-refractivity contribution in [2.75, 3.05) is 24.3 Å². The molecule has 0 spiro atoms. The van der Waals surface area contributed by atoms with Crippen molar-refractivity contribution < 1.29 is 34.2 Å². The maximum Gasteiger partial charge on any atom is 0.352 e. The molecular weight excluding hydrogens is 627 g/mol. The van der Waals surface area contributed by atoms with E-state index in [4.69, 9.17) is 10.6 Å². The SMILES string of the molecule is CN1C=CC2=NC(SCC3=C(C(=O)O)N4C(=O)C(NC(=O)/C(=N\OC(C)(C)C(=O)O)c5csc(N)n5)[C@H]4SC3)SC2=C1. The first-order valence-corrected chi connectivity index (χ1v) is 16.1. The number of carboxylic acid groups (broad SMARTS) is 2. The number of rotatable bonds is 10. The summed E-state index contributed by atoms with van der Waals surface area (Å²) in [6.07, 6.45) is 5.82. The summed E-state index contributed by atoms with van der Waals surface area (Å²) in [5.74, 6) is -3.28. The van der Waals surface area contributed by atoms with E-state index in [1.165, 1.54) is 47.7 Å². The summed E-state index contributed by atoms with van der Waals surface area (Å²) in [5, 5.41) is 26.6. The van der Waals surface area contributed by atoms with Gasteiger partial charge in [-0.3, -0.25) is 19.5 Å². The zero-order valence-corrected chi connectivity index (χ0v) is 25.6. The number of aliphatic carboxylic acids is 2. The average Bonchev–Trinajstić information content (AvgIpc) is 3.54. The summed E-state index contributed by atoms with van der Waals surface area (Å²) < 4.78 is -0.141. The number of nitrogen functional groups attached to an aromatic ring is 1. The zero-order chi connectivity index (χ0) is 30.3. The van der Waals surface area contributed by atoms with Crippen LogP contribution in [0.3, 0.4) is 0 Å². The molecule has 4 aliphatic heterocycles. The van der Waals surface area contributed by atoms with Crippen molar-refractivity contribution >= 4 is 86.9 Å². The van der Waals surface area contributed by atoms with Crippen LogP contribution < -0.4 is 11.1 Å². The number of carbonyl (C=O) groups excluding carboxylic acids is 2. The molecule has 222 valence electrons. The molecule has 2 amide bonds. The minimum atomic E-state index is -1.75. The minimum Gasteiger partial charge on any atom is -0.478 e. The van der Waals surface area contributed by atoms with E-state index in [-0.39, 0.29) is 26.9 Å². The largest absolute Gasteiger partial charge is 0.478 e. The molecule has 1 fully saturated rings. The van der Waals surface area contributed by atoms with Crippen molar-refractivity contribution in [3.05, 3.63) is 45.7 Å². The molecule has 2 unspecified atom stereocenters. The van der Waals surface area contributed by atoms with Gasteiger partial charge in [-0.15, -0.1) is 34.9 Å². The van der Waals surface area contributed by atoms with Crippen LogP contribution in [0.1, 0.15) is 19.5 Å². The van der Waals surface area contributed by atoms with Gasteiger partial charge < -0.3 is 31.0 Å². The first kappa shape index (κ1) is 30.0. The Morgan fingerprint density at radius 2 is 2.10 bits per heavy atom. The van der Waals surface area contributed by atoms with Gasteiger partial charge in [0.05, 0.1) is 10.6 Å². The van der Waals surface area contributed by atoms with E-state index in [0.717, 1.165) is 22.0 Å². The van der Waals surface area contributed by atoms with Crippen LogP contribution in [-0.4, -0.2) is 100 Å². The van der Waals surface area contributed by atoms with Crippen LogP contribution in [0.15, 0.2) is 50.2 Å². The summed E-state index contributed by atoms with van der Waals surface area (Å²) in [6.45, 7) is 2.51. The number of hydrogen-bond donors (Lipinski definition) is 4. The predicted molar refractivity (Wildman–Crippen MR) is 162 cm³/mol. The van der Waals surface area contributed by atoms with E-state index in [1.54, 1.807) is 11.8 Å². The van der Waals surface area contributed by atoms with Gasteiger partial charge in [0.25, 0.3) is 11.8 Å². The number of aromatic nitrogens is 1. The van der Waals surface area contributed by atoms with E-state index in [0.29, 0.717) is 17.1 Å². The number of allylic oxidation sites excluding steroid dienone is 2. The Balaban J connectivity index is 1.29. The molecule has 1 aromatic heterocycles. The number of nitrogens with zero attached hydrogens (tertiary/aromatic N) is 5. The highest BCUT2D eigenvalue weighted by Gasteiger charge is 2.54. The summed E-state index contributed by atoms with van der Waals surface area (Å²) in [6, 6.07) is -1.05. The smallest absolute Gasteiger partial charge is 0.352 e. The maximum absolute atomic E-state index is 13.2. The van der Waals surface area contributed by atoms with Gasteiger partial charge in [-0.2, -0.15) is 0 Å². The van der Waals surface area contributed by atoms with E-state index in [1.807, 2.05) is 30.4 Å². The van der Waals surface area contributed by atoms with Crippen LogP contribution >= 0.6 is 46.6 Å². The van der Waals surface area contributed by atoms with Crippen LogP contribution in [0.2, 0.25) is 0 Å². The van der Waals surface area contributed by atoms with Crippen molar-refractivity contribution in [2.24, 2.45) is 10.1 Å². The molecule has 0 bridgehead atoms. The molecule has 0 radical (unpaired) electrons. The molecular formula is C24H25N7O7S4. The van der Waals surface area contributed by atoms with Gasteiger partial charge in [-0.05, 0) is 25.5 Å². The van der Waals surface area contributed by atoms with Gasteiger partial charge in [0, 0.05) is 36.3 Å². The third-order valence-electron chi connectivity index (χ3n) is 6.31. The van der Waals surface area contributed by atoms with E-state index in [9.17, 15) is 29.4 Å². The lowest BCUT2D eigenvalue weighted by Crippen LogP contribution is -2.71. The second-order valence-corrected chi connectivity index (χ2v) is 14.2. The Bertz CT molecular complexity index is 1520. The zero-order valence-electron chi connectivity index (χ0n) is 22.3. The van der Waals surface area contributed by atoms with E-state index >= 15 is 0 Å². The third-order valence-corrected chi connectivity index (χ3v) is 10.8. The Labute approximate surface area is 256 Å². The second kappa shape index (κ2) is 11.7. The van der Waals surface area contributed by atoms with Crippen molar-refractivity contribution in [2.45, 2.75) is 35.6 Å². The molecule has 1 aromatic rings. The summed E-state index contributed by atoms with van der Waals surface area (Å²) >= 11 is 5.44. The van der Waals surface area contributed by atoms with Crippen molar-refractivity contribution in [3.8, 4) is 0 Å². The second-order valence-electron chi connectivity index (χ2n) is 9.76. The topological polar surface area (TPSA) is 200 Å². The van der Waals surface area contributed by atoms with Crippen molar-refractivity contribution in [1.82, 2.24) is 20.1 Å². The van der Waals surface area contributed by atoms with E-state index < -0.39 is 40.8 Å². The van der Waals surface area contributed by atoms with Crippen molar-refractivity contribution in [1.29, 1.82) is 0 Å². The molecule has 14 nitrogen and oxygen atoms in total. The number of thioether (sulfide) groups is 3. The highest BCUT2D eigenvalue weighted by molar-refractivity contribution is 8.19. The maximum atomic E-state index is 13.2. The number of nitrogens with two attached hydrogens (primary N) is 1. The van der Waals surface area contributed by atoms with Gasteiger partial charge in [-0.25, -0.2) is 14.6 Å². The highest BCUT2D eigenvalue weighted by Crippen LogP contribution is 2.44. The molecule has 5 heterocycles. The fourth-order valence-corrected chi connectivity index (χ4v) is 8.49. The normalized spacial score (nSPS) is 23.5. The first-order valence-electron chi connectivity index (χ1n) is 12.3. The van der Waals surface area contributed by atoms with Crippen LogP contribution in [0, 0.1) is 0 Å². The van der Waals surface area contributed by atoms with Crippen molar-refractivity contribution in [3.63, 3.8) is 0 Å². The van der Waals surface area contributed by atoms with Crippen LogP contribution in [0.25, 0.3) is 0 Å². The minimum absolute atomic E-state index is 0.0349. The number of oxime groups is 1. The van der Waals surface area contributed by atoms with E-state index in [2.05, 4.69) is 20.4 Å². The lowest BCUT2D eigenvalue weighted by atomic mass is 10.0. The number of fused-ring (bicyclic) bond motifs is 2. The molecule has 42 heavy (non-hydrogen) atoms. The van der Waals surface area contributed by atoms with Gasteiger partial charge in [0.15, 0.2) is 10.8 Å². The first-order chi connectivity index (χ1) is 19.9. The fraction of sp³-hybridized carbons (Fsp3) is 0.375. The molecule has 0 aliphatic carbocycles. The predicted octanol–water partition coefficient (Wildman–Crippen LogP) is 1.55. The summed E-state index contributed by atoms with van der Waals surface area (Å²) in [4.78, 5) is 68.1. The molecule has 5 N–H and O–H groups in total. The molecule has 0 saturated carbocycles. The Morgan fingerprint density at radius 3 is 2.76 bits per heavy atom. The number of β-lactam (4-membered cyclic amide) rings is 1. The molecule has 0 aromatic carbocycles. The number of hydrogen-bond acceptors (Lipinski definition) is 14. The number of nitrogens with one attached hydrogen (secondary N) is 1. The van der Waals surface area contributed by atoms with Gasteiger partial charge >= 0.3 is 11.9 Å². The molecule has 4 aliphatic rings.